The lowest BCUT2D eigenvalue weighted by molar-refractivity contribution is 0.508. The van der Waals surface area contributed by atoms with Gasteiger partial charge in [-0.05, 0) is 39.0 Å². The molecule has 0 saturated heterocycles. The maximum absolute atomic E-state index is 5.95. The van der Waals surface area contributed by atoms with E-state index in [0.29, 0.717) is 17.5 Å². The molecule has 0 amide bonds. The molecule has 0 aliphatic carbocycles. The minimum atomic E-state index is -0.0693. The first-order chi connectivity index (χ1) is 9.33. The zero-order valence-electron chi connectivity index (χ0n) is 12.3. The summed E-state index contributed by atoms with van der Waals surface area (Å²) >= 11 is 7.62. The smallest absolute Gasteiger partial charge is 0.188 e. The Bertz CT molecular complexity index is 633. The van der Waals surface area contributed by atoms with Crippen LogP contribution in [0.25, 0.3) is 10.2 Å². The number of aromatic nitrogens is 1. The molecule has 7 heteroatoms. The number of aliphatic imine (C=N–C) groups is 1. The molecule has 2 aromatic rings. The van der Waals surface area contributed by atoms with Crippen molar-refractivity contribution in [3.63, 3.8) is 0 Å². The van der Waals surface area contributed by atoms with Crippen LogP contribution in [0.3, 0.4) is 0 Å². The van der Waals surface area contributed by atoms with Crippen molar-refractivity contribution < 1.29 is 0 Å². The van der Waals surface area contributed by atoms with Gasteiger partial charge in [-0.2, -0.15) is 0 Å². The molecule has 0 radical (unpaired) electrons. The van der Waals surface area contributed by atoms with Gasteiger partial charge >= 0.3 is 0 Å². The quantitative estimate of drug-likeness (QED) is 0.435. The predicted octanol–water partition coefficient (Wildman–Crippen LogP) is 3.81. The third-order valence-corrected chi connectivity index (χ3v) is 3.84. The summed E-state index contributed by atoms with van der Waals surface area (Å²) in [7, 11) is 0. The molecule has 4 nitrogen and oxygen atoms in total. The van der Waals surface area contributed by atoms with Gasteiger partial charge in [-0.1, -0.05) is 11.6 Å². The maximum Gasteiger partial charge on any atom is 0.188 e. The van der Waals surface area contributed by atoms with Crippen molar-refractivity contribution in [2.75, 3.05) is 6.54 Å². The van der Waals surface area contributed by atoms with Crippen LogP contribution in [0.4, 0.5) is 0 Å². The Labute approximate surface area is 151 Å². The topological polar surface area (TPSA) is 63.3 Å². The Morgan fingerprint density at radius 3 is 2.81 bits per heavy atom. The minimum absolute atomic E-state index is 0. The standard InChI is InChI=1S/C14H19ClN4S.HI/c1-14(2,3)19-13(16)17-7-6-12-18-10-8-9(15)4-5-11(10)20-12;/h4-5,8H,6-7H2,1-3H3,(H3,16,17,19);1H. The van der Waals surface area contributed by atoms with E-state index in [-0.39, 0.29) is 29.5 Å². The van der Waals surface area contributed by atoms with Gasteiger partial charge in [0.15, 0.2) is 5.96 Å². The summed E-state index contributed by atoms with van der Waals surface area (Å²) in [4.78, 5) is 8.87. The van der Waals surface area contributed by atoms with E-state index in [1.807, 2.05) is 39.0 Å². The van der Waals surface area contributed by atoms with E-state index in [2.05, 4.69) is 15.3 Å². The van der Waals surface area contributed by atoms with Gasteiger partial charge in [-0.15, -0.1) is 35.3 Å². The van der Waals surface area contributed by atoms with Gasteiger partial charge in [0.05, 0.1) is 15.2 Å². The monoisotopic (exact) mass is 438 g/mol. The van der Waals surface area contributed by atoms with E-state index >= 15 is 0 Å². The number of rotatable bonds is 3. The van der Waals surface area contributed by atoms with Crippen LogP contribution in [-0.2, 0) is 6.42 Å². The zero-order chi connectivity index (χ0) is 14.8. The highest BCUT2D eigenvalue weighted by molar-refractivity contribution is 14.0. The molecule has 0 bridgehead atoms. The Kier molecular flexibility index (Phi) is 6.68. The molecular weight excluding hydrogens is 419 g/mol. The van der Waals surface area contributed by atoms with Crippen LogP contribution in [0.5, 0.6) is 0 Å². The van der Waals surface area contributed by atoms with Crippen molar-refractivity contribution in [1.82, 2.24) is 10.3 Å². The number of guanidine groups is 1. The molecule has 0 aliphatic heterocycles. The molecule has 0 saturated carbocycles. The van der Waals surface area contributed by atoms with Gasteiger partial charge in [0.1, 0.15) is 0 Å². The lowest BCUT2D eigenvalue weighted by atomic mass is 10.1. The van der Waals surface area contributed by atoms with Crippen molar-refractivity contribution in [2.45, 2.75) is 32.7 Å². The average Bonchev–Trinajstić information content (AvgIpc) is 2.68. The fraction of sp³-hybridized carbons (Fsp3) is 0.429. The molecule has 116 valence electrons. The molecule has 1 aromatic carbocycles. The molecule has 0 spiro atoms. The molecule has 2 rings (SSSR count). The van der Waals surface area contributed by atoms with Crippen LogP contribution in [0.2, 0.25) is 5.02 Å². The summed E-state index contributed by atoms with van der Waals surface area (Å²) in [6.45, 7) is 6.77. The molecule has 0 fully saturated rings. The lowest BCUT2D eigenvalue weighted by Crippen LogP contribution is -2.45. The maximum atomic E-state index is 5.95. The van der Waals surface area contributed by atoms with Crippen LogP contribution in [0, 0.1) is 0 Å². The molecule has 0 atom stereocenters. The van der Waals surface area contributed by atoms with Crippen molar-refractivity contribution in [2.24, 2.45) is 10.7 Å². The summed E-state index contributed by atoms with van der Waals surface area (Å²) in [6, 6.07) is 5.77. The Morgan fingerprint density at radius 1 is 1.43 bits per heavy atom. The second-order valence-electron chi connectivity index (χ2n) is 5.61. The van der Waals surface area contributed by atoms with Crippen LogP contribution >= 0.6 is 46.9 Å². The van der Waals surface area contributed by atoms with Crippen LogP contribution in [-0.4, -0.2) is 23.0 Å². The number of benzene rings is 1. The van der Waals surface area contributed by atoms with Crippen molar-refractivity contribution >= 4 is 63.1 Å². The highest BCUT2D eigenvalue weighted by Crippen LogP contribution is 2.25. The van der Waals surface area contributed by atoms with E-state index in [9.17, 15) is 0 Å². The minimum Gasteiger partial charge on any atom is -0.370 e. The van der Waals surface area contributed by atoms with E-state index < -0.39 is 0 Å². The fourth-order valence-electron chi connectivity index (χ4n) is 1.75. The summed E-state index contributed by atoms with van der Waals surface area (Å²) in [6.07, 6.45) is 0.781. The average molecular weight is 439 g/mol. The van der Waals surface area contributed by atoms with Gasteiger partial charge in [-0.3, -0.25) is 4.99 Å². The molecule has 1 aromatic heterocycles. The summed E-state index contributed by atoms with van der Waals surface area (Å²) in [5, 5.41) is 4.90. The zero-order valence-corrected chi connectivity index (χ0v) is 16.2. The second-order valence-corrected chi connectivity index (χ2v) is 7.16. The lowest BCUT2D eigenvalue weighted by Gasteiger charge is -2.20. The van der Waals surface area contributed by atoms with Gasteiger partial charge in [0.2, 0.25) is 0 Å². The number of nitrogens with one attached hydrogen (secondary N) is 1. The number of hydrogen-bond acceptors (Lipinski definition) is 3. The highest BCUT2D eigenvalue weighted by atomic mass is 127. The normalized spacial score (nSPS) is 12.3. The number of thiazole rings is 1. The summed E-state index contributed by atoms with van der Waals surface area (Å²) in [5.74, 6) is 0.474. The van der Waals surface area contributed by atoms with Gasteiger partial charge in [0.25, 0.3) is 0 Å². The van der Waals surface area contributed by atoms with Gasteiger partial charge in [0, 0.05) is 23.5 Å². The van der Waals surface area contributed by atoms with Crippen LogP contribution < -0.4 is 11.1 Å². The Hall–Kier alpha value is -0.600. The molecule has 1 heterocycles. The van der Waals surface area contributed by atoms with Crippen molar-refractivity contribution in [3.8, 4) is 0 Å². The number of nitrogens with zero attached hydrogens (tertiary/aromatic N) is 2. The molecule has 0 aliphatic rings. The SMILES string of the molecule is CC(C)(C)NC(N)=NCCc1nc2cc(Cl)ccc2s1.I. The van der Waals surface area contributed by atoms with Gasteiger partial charge < -0.3 is 11.1 Å². The van der Waals surface area contributed by atoms with Gasteiger partial charge in [-0.25, -0.2) is 4.98 Å². The number of halogens is 2. The van der Waals surface area contributed by atoms with E-state index in [4.69, 9.17) is 17.3 Å². The Balaban J connectivity index is 0.00000220. The second kappa shape index (κ2) is 7.60. The first-order valence-corrected chi connectivity index (χ1v) is 7.66. The first kappa shape index (κ1) is 18.4. The molecule has 0 unspecified atom stereocenters. The molecular formula is C14H20ClIN4S. The highest BCUT2D eigenvalue weighted by Gasteiger charge is 2.09. The van der Waals surface area contributed by atoms with Crippen LogP contribution in [0.15, 0.2) is 23.2 Å². The Morgan fingerprint density at radius 2 is 2.14 bits per heavy atom. The summed E-state index contributed by atoms with van der Waals surface area (Å²) in [5.41, 5.74) is 6.70. The van der Waals surface area contributed by atoms with E-state index in [1.165, 1.54) is 0 Å². The predicted molar refractivity (Wildman–Crippen MR) is 103 cm³/mol. The van der Waals surface area contributed by atoms with E-state index in [0.717, 1.165) is 21.6 Å². The first-order valence-electron chi connectivity index (χ1n) is 6.46. The molecule has 21 heavy (non-hydrogen) atoms. The van der Waals surface area contributed by atoms with Crippen molar-refractivity contribution in [1.29, 1.82) is 0 Å². The largest absolute Gasteiger partial charge is 0.370 e. The van der Waals surface area contributed by atoms with Crippen molar-refractivity contribution in [3.05, 3.63) is 28.2 Å². The third-order valence-electron chi connectivity index (χ3n) is 2.50. The fourth-order valence-corrected chi connectivity index (χ4v) is 2.85. The third kappa shape index (κ3) is 5.96. The number of fused-ring (bicyclic) bond motifs is 1. The number of hydrogen-bond donors (Lipinski definition) is 2. The summed E-state index contributed by atoms with van der Waals surface area (Å²) < 4.78 is 1.15. The number of nitrogens with two attached hydrogens (primary N) is 1. The van der Waals surface area contributed by atoms with E-state index in [1.54, 1.807) is 11.3 Å². The van der Waals surface area contributed by atoms with Crippen LogP contribution in [0.1, 0.15) is 25.8 Å². The molecule has 3 N–H and O–H groups in total.